The van der Waals surface area contributed by atoms with Crippen molar-refractivity contribution in [3.05, 3.63) is 82.6 Å². The van der Waals surface area contributed by atoms with E-state index < -0.39 is 24.3 Å². The van der Waals surface area contributed by atoms with E-state index in [9.17, 15) is 23.6 Å². The second-order valence-corrected chi connectivity index (χ2v) is 7.99. The lowest BCUT2D eigenvalue weighted by atomic mass is 10.0. The molecule has 0 saturated carbocycles. The van der Waals surface area contributed by atoms with E-state index in [-0.39, 0.29) is 18.0 Å². The summed E-state index contributed by atoms with van der Waals surface area (Å²) in [6, 6.07) is 19.8. The van der Waals surface area contributed by atoms with Gasteiger partial charge in [-0.1, -0.05) is 30.3 Å². The van der Waals surface area contributed by atoms with Gasteiger partial charge in [0.15, 0.2) is 11.5 Å². The topological polar surface area (TPSA) is 97.5 Å². The maximum Gasteiger partial charge on any atom is 0.586 e. The van der Waals surface area contributed by atoms with Gasteiger partial charge in [-0.25, -0.2) is 4.68 Å². The normalized spacial score (nSPS) is 13.4. The summed E-state index contributed by atoms with van der Waals surface area (Å²) in [5.74, 6) is -0.807. The molecule has 0 saturated heterocycles. The first kappa shape index (κ1) is 23.0. The highest BCUT2D eigenvalue weighted by Gasteiger charge is 2.43. The van der Waals surface area contributed by atoms with Crippen molar-refractivity contribution in [2.24, 2.45) is 0 Å². The van der Waals surface area contributed by atoms with Crippen LogP contribution in [0.5, 0.6) is 11.5 Å². The van der Waals surface area contributed by atoms with Crippen molar-refractivity contribution >= 4 is 22.4 Å². The van der Waals surface area contributed by atoms with Gasteiger partial charge in [0.05, 0.1) is 22.7 Å². The minimum atomic E-state index is -3.77. The number of nitrogens with zero attached hydrogens (tertiary/aromatic N) is 4. The smallest absolute Gasteiger partial charge is 0.395 e. The van der Waals surface area contributed by atoms with Crippen LogP contribution in [0.1, 0.15) is 12.5 Å². The molecule has 0 unspecified atom stereocenters. The Hall–Kier alpha value is -4.78. The Kier molecular flexibility index (Phi) is 5.60. The lowest BCUT2D eigenvalue weighted by Crippen LogP contribution is -2.37. The molecule has 0 spiro atoms. The Bertz CT molecular complexity index is 1610. The van der Waals surface area contributed by atoms with E-state index in [1.54, 1.807) is 55.5 Å². The number of alkyl halides is 2. The predicted molar refractivity (Wildman–Crippen MR) is 127 cm³/mol. The summed E-state index contributed by atoms with van der Waals surface area (Å²) in [4.78, 5) is 27.8. The highest BCUT2D eigenvalue weighted by molar-refractivity contribution is 5.95. The lowest BCUT2D eigenvalue weighted by molar-refractivity contribution is -0.286. The van der Waals surface area contributed by atoms with Crippen LogP contribution in [0.4, 0.5) is 14.5 Å². The molecule has 0 N–H and O–H groups in total. The second kappa shape index (κ2) is 8.78. The van der Waals surface area contributed by atoms with Crippen molar-refractivity contribution in [1.29, 1.82) is 5.26 Å². The Morgan fingerprint density at radius 2 is 1.81 bits per heavy atom. The zero-order valence-corrected chi connectivity index (χ0v) is 18.9. The molecule has 1 aliphatic rings. The van der Waals surface area contributed by atoms with Crippen LogP contribution in [0.25, 0.3) is 22.0 Å². The number of nitriles is 1. The van der Waals surface area contributed by atoms with Crippen molar-refractivity contribution in [2.45, 2.75) is 19.8 Å². The molecule has 180 valence electrons. The first-order chi connectivity index (χ1) is 17.3. The van der Waals surface area contributed by atoms with Gasteiger partial charge in [-0.05, 0) is 37.3 Å². The van der Waals surface area contributed by atoms with Gasteiger partial charge in [0.1, 0.15) is 6.54 Å². The van der Waals surface area contributed by atoms with Gasteiger partial charge >= 0.3 is 6.29 Å². The fourth-order valence-electron chi connectivity index (χ4n) is 4.11. The maximum absolute atomic E-state index is 13.4. The SMILES string of the molecule is CCN(C(=O)Cn1nc(-c2cccc(C#N)c2)c2ccccc2c1=O)c1ccc2c(c1)OC(F)(F)O2. The summed E-state index contributed by atoms with van der Waals surface area (Å²) in [7, 11) is 0. The average Bonchev–Trinajstić information content (AvgIpc) is 3.19. The van der Waals surface area contributed by atoms with Gasteiger partial charge in [0.2, 0.25) is 5.91 Å². The molecule has 36 heavy (non-hydrogen) atoms. The van der Waals surface area contributed by atoms with Crippen LogP contribution in [-0.2, 0) is 11.3 Å². The third kappa shape index (κ3) is 4.11. The lowest BCUT2D eigenvalue weighted by Gasteiger charge is -2.22. The van der Waals surface area contributed by atoms with E-state index in [0.717, 1.165) is 4.68 Å². The molecule has 1 aromatic heterocycles. The third-order valence-corrected chi connectivity index (χ3v) is 5.73. The fourth-order valence-corrected chi connectivity index (χ4v) is 4.11. The first-order valence-electron chi connectivity index (χ1n) is 11.0. The van der Waals surface area contributed by atoms with Gasteiger partial charge in [-0.2, -0.15) is 10.4 Å². The van der Waals surface area contributed by atoms with Crippen LogP contribution < -0.4 is 19.9 Å². The molecule has 2 heterocycles. The summed E-state index contributed by atoms with van der Waals surface area (Å²) in [5, 5.41) is 14.7. The molecule has 4 aromatic rings. The summed E-state index contributed by atoms with van der Waals surface area (Å²) >= 11 is 0. The highest BCUT2D eigenvalue weighted by Crippen LogP contribution is 2.42. The van der Waals surface area contributed by atoms with E-state index in [4.69, 9.17) is 0 Å². The highest BCUT2D eigenvalue weighted by atomic mass is 19.3. The van der Waals surface area contributed by atoms with Gasteiger partial charge in [-0.3, -0.25) is 9.59 Å². The summed E-state index contributed by atoms with van der Waals surface area (Å²) < 4.78 is 36.8. The van der Waals surface area contributed by atoms with Gasteiger partial charge in [0.25, 0.3) is 5.56 Å². The number of hydrogen-bond donors (Lipinski definition) is 0. The van der Waals surface area contributed by atoms with Crippen molar-refractivity contribution in [3.63, 3.8) is 0 Å². The first-order valence-corrected chi connectivity index (χ1v) is 11.0. The number of halogens is 2. The van der Waals surface area contributed by atoms with E-state index in [1.165, 1.54) is 23.1 Å². The fraction of sp³-hybridized carbons (Fsp3) is 0.154. The Morgan fingerprint density at radius 1 is 1.06 bits per heavy atom. The third-order valence-electron chi connectivity index (χ3n) is 5.73. The molecular weight excluding hydrogens is 470 g/mol. The summed E-state index contributed by atoms with van der Waals surface area (Å²) in [6.07, 6.45) is -3.77. The van der Waals surface area contributed by atoms with Crippen LogP contribution in [0.15, 0.2) is 71.5 Å². The van der Waals surface area contributed by atoms with Crippen LogP contribution in [0, 0.1) is 11.3 Å². The number of likely N-dealkylation sites (N-methyl/N-ethyl adjacent to an activating group) is 1. The van der Waals surface area contributed by atoms with Gasteiger partial charge in [-0.15, -0.1) is 8.78 Å². The van der Waals surface area contributed by atoms with Crippen molar-refractivity contribution in [1.82, 2.24) is 9.78 Å². The molecule has 0 bridgehead atoms. The van der Waals surface area contributed by atoms with Crippen LogP contribution >= 0.6 is 0 Å². The summed E-state index contributed by atoms with van der Waals surface area (Å²) in [5.41, 5.74) is 1.34. The standard InChI is InChI=1S/C26H18F2N4O4/c1-2-31(18-10-11-21-22(13-18)36-26(27,28)35-21)23(33)15-32-25(34)20-9-4-3-8-19(20)24(30-32)17-7-5-6-16(12-17)14-29/h3-13H,2,15H2,1H3. The van der Waals surface area contributed by atoms with E-state index in [2.05, 4.69) is 20.6 Å². The van der Waals surface area contributed by atoms with Crippen molar-refractivity contribution < 1.29 is 23.0 Å². The van der Waals surface area contributed by atoms with Crippen molar-refractivity contribution in [2.75, 3.05) is 11.4 Å². The number of hydrogen-bond acceptors (Lipinski definition) is 6. The number of rotatable bonds is 5. The molecule has 0 atom stereocenters. The van der Waals surface area contributed by atoms with Crippen LogP contribution in [0.3, 0.4) is 0 Å². The van der Waals surface area contributed by atoms with Crippen molar-refractivity contribution in [3.8, 4) is 28.8 Å². The Morgan fingerprint density at radius 3 is 2.56 bits per heavy atom. The zero-order chi connectivity index (χ0) is 25.4. The molecule has 8 nitrogen and oxygen atoms in total. The number of anilines is 1. The van der Waals surface area contributed by atoms with Gasteiger partial charge < -0.3 is 14.4 Å². The van der Waals surface area contributed by atoms with Gasteiger partial charge in [0, 0.05) is 29.2 Å². The molecule has 1 aliphatic heterocycles. The molecule has 3 aromatic carbocycles. The number of ether oxygens (including phenoxy) is 2. The monoisotopic (exact) mass is 488 g/mol. The predicted octanol–water partition coefficient (Wildman–Crippen LogP) is 4.31. The minimum Gasteiger partial charge on any atom is -0.395 e. The number of carbonyl (C=O) groups excluding carboxylic acids is 1. The summed E-state index contributed by atoms with van der Waals surface area (Å²) in [6.45, 7) is 1.52. The second-order valence-electron chi connectivity index (χ2n) is 7.99. The maximum atomic E-state index is 13.4. The number of benzene rings is 3. The molecule has 1 amide bonds. The number of carbonyl (C=O) groups is 1. The Labute approximate surface area is 203 Å². The quantitative estimate of drug-likeness (QED) is 0.415. The molecule has 0 aliphatic carbocycles. The number of amides is 1. The largest absolute Gasteiger partial charge is 0.586 e. The van der Waals surface area contributed by atoms with E-state index in [0.29, 0.717) is 33.3 Å². The van der Waals surface area contributed by atoms with Crippen LogP contribution in [-0.4, -0.2) is 28.5 Å². The zero-order valence-electron chi connectivity index (χ0n) is 18.9. The molecular formula is C26H18F2N4O4. The van der Waals surface area contributed by atoms with E-state index in [1.807, 2.05) is 0 Å². The molecule has 0 fully saturated rings. The number of fused-ring (bicyclic) bond motifs is 2. The minimum absolute atomic E-state index is 0.135. The van der Waals surface area contributed by atoms with E-state index >= 15 is 0 Å². The average molecular weight is 488 g/mol. The molecule has 10 heteroatoms. The molecule has 0 radical (unpaired) electrons. The Balaban J connectivity index is 1.53. The number of aromatic nitrogens is 2. The molecule has 5 rings (SSSR count). The van der Waals surface area contributed by atoms with Crippen LogP contribution in [0.2, 0.25) is 0 Å².